The van der Waals surface area contributed by atoms with Gasteiger partial charge in [0.2, 0.25) is 0 Å². The molecule has 2 aromatic heterocycles. The lowest BCUT2D eigenvalue weighted by molar-refractivity contribution is 0.594. The van der Waals surface area contributed by atoms with Crippen LogP contribution < -0.4 is 11.2 Å². The van der Waals surface area contributed by atoms with Gasteiger partial charge in [0.1, 0.15) is 0 Å². The van der Waals surface area contributed by atoms with E-state index in [2.05, 4.69) is 24.0 Å². The highest BCUT2D eigenvalue weighted by molar-refractivity contribution is 7.99. The van der Waals surface area contributed by atoms with Crippen molar-refractivity contribution in [2.75, 3.05) is 5.75 Å². The van der Waals surface area contributed by atoms with E-state index in [1.165, 1.54) is 19.6 Å². The number of fused-ring (bicyclic) bond motifs is 1. The number of benzene rings is 1. The zero-order chi connectivity index (χ0) is 17.3. The van der Waals surface area contributed by atoms with E-state index >= 15 is 0 Å². The van der Waals surface area contributed by atoms with Crippen molar-refractivity contribution in [2.24, 2.45) is 14.1 Å². The van der Waals surface area contributed by atoms with Crippen LogP contribution in [0.1, 0.15) is 12.0 Å². The second-order valence-electron chi connectivity index (χ2n) is 5.79. The second-order valence-corrected chi connectivity index (χ2v) is 6.93. The Labute approximate surface area is 143 Å². The fraction of sp³-hybridized carbons (Fsp3) is 0.353. The summed E-state index contributed by atoms with van der Waals surface area (Å²) in [7, 11) is 3.41. The van der Waals surface area contributed by atoms with Crippen molar-refractivity contribution >= 4 is 22.9 Å². The van der Waals surface area contributed by atoms with Crippen molar-refractivity contribution in [2.45, 2.75) is 24.8 Å². The van der Waals surface area contributed by atoms with Gasteiger partial charge in [0.15, 0.2) is 11.2 Å². The van der Waals surface area contributed by atoms with Crippen LogP contribution in [0.5, 0.6) is 0 Å². The monoisotopic (exact) mass is 344 g/mol. The maximum Gasteiger partial charge on any atom is 0.332 e. The first kappa shape index (κ1) is 16.6. The molecule has 0 unspecified atom stereocenters. The molecule has 0 radical (unpaired) electrons. The largest absolute Gasteiger partial charge is 0.332 e. The van der Waals surface area contributed by atoms with Crippen molar-refractivity contribution < 1.29 is 0 Å². The average Bonchev–Trinajstić information content (AvgIpc) is 2.95. The Kier molecular flexibility index (Phi) is 4.62. The Morgan fingerprint density at radius 3 is 2.67 bits per heavy atom. The van der Waals surface area contributed by atoms with E-state index in [0.717, 1.165) is 12.2 Å². The molecule has 6 nitrogen and oxygen atoms in total. The lowest BCUT2D eigenvalue weighted by Crippen LogP contribution is -2.39. The third-order valence-corrected chi connectivity index (χ3v) is 5.34. The third-order valence-electron chi connectivity index (χ3n) is 4.08. The van der Waals surface area contributed by atoms with Gasteiger partial charge in [-0.1, -0.05) is 18.2 Å². The molecule has 2 heterocycles. The molecular weight excluding hydrogens is 324 g/mol. The van der Waals surface area contributed by atoms with Gasteiger partial charge in [-0.2, -0.15) is 0 Å². The molecule has 24 heavy (non-hydrogen) atoms. The Morgan fingerprint density at radius 2 is 1.92 bits per heavy atom. The topological polar surface area (TPSA) is 61.8 Å². The predicted molar refractivity (Wildman–Crippen MR) is 96.7 cm³/mol. The fourth-order valence-corrected chi connectivity index (χ4v) is 3.68. The third kappa shape index (κ3) is 2.91. The van der Waals surface area contributed by atoms with Crippen LogP contribution in [0.4, 0.5) is 0 Å². The second kappa shape index (κ2) is 6.68. The molecule has 0 N–H and O–H groups in total. The van der Waals surface area contributed by atoms with Crippen molar-refractivity contribution in [1.82, 2.24) is 18.7 Å². The van der Waals surface area contributed by atoms with E-state index in [0.29, 0.717) is 17.7 Å². The summed E-state index contributed by atoms with van der Waals surface area (Å²) in [6.45, 7) is 2.49. The lowest BCUT2D eigenvalue weighted by Gasteiger charge is -2.09. The summed E-state index contributed by atoms with van der Waals surface area (Å²) in [5.74, 6) is 0.851. The minimum atomic E-state index is -0.313. The number of aryl methyl sites for hydroxylation is 3. The summed E-state index contributed by atoms with van der Waals surface area (Å²) in [6.07, 6.45) is 2.31. The van der Waals surface area contributed by atoms with Crippen molar-refractivity contribution in [1.29, 1.82) is 0 Å². The number of nitrogens with zero attached hydrogens (tertiary/aromatic N) is 4. The van der Waals surface area contributed by atoms with Crippen LogP contribution in [0.3, 0.4) is 0 Å². The summed E-state index contributed by atoms with van der Waals surface area (Å²) < 4.78 is 4.41. The average molecular weight is 344 g/mol. The highest BCUT2D eigenvalue weighted by atomic mass is 32.2. The van der Waals surface area contributed by atoms with Crippen molar-refractivity contribution in [3.63, 3.8) is 0 Å². The van der Waals surface area contributed by atoms with Gasteiger partial charge in [-0.15, -0.1) is 11.8 Å². The highest BCUT2D eigenvalue weighted by Gasteiger charge is 2.14. The number of aromatic nitrogens is 4. The Morgan fingerprint density at radius 1 is 1.17 bits per heavy atom. The van der Waals surface area contributed by atoms with E-state index in [9.17, 15) is 9.59 Å². The first-order chi connectivity index (χ1) is 11.5. The van der Waals surface area contributed by atoms with Crippen LogP contribution in [0.25, 0.3) is 11.2 Å². The summed E-state index contributed by atoms with van der Waals surface area (Å²) in [5, 5.41) is 0. The number of thioether (sulfide) groups is 1. The number of imidazole rings is 1. The molecule has 1 aromatic carbocycles. The first-order valence-electron chi connectivity index (χ1n) is 7.80. The van der Waals surface area contributed by atoms with E-state index in [4.69, 9.17) is 0 Å². The Balaban J connectivity index is 1.79. The molecule has 0 saturated carbocycles. The Bertz CT molecular complexity index is 1000. The minimum absolute atomic E-state index is 0.269. The quantitative estimate of drug-likeness (QED) is 0.524. The predicted octanol–water partition coefficient (Wildman–Crippen LogP) is 1.92. The van der Waals surface area contributed by atoms with Crippen LogP contribution in [0.15, 0.2) is 45.1 Å². The van der Waals surface area contributed by atoms with Crippen LogP contribution in [0, 0.1) is 6.92 Å². The summed E-state index contributed by atoms with van der Waals surface area (Å²) in [6, 6.07) is 8.21. The Hall–Kier alpha value is -2.28. The molecule has 0 atom stereocenters. The minimum Gasteiger partial charge on any atom is -0.328 e. The molecule has 0 bridgehead atoms. The molecule has 0 aliphatic rings. The van der Waals surface area contributed by atoms with Gasteiger partial charge in [-0.25, -0.2) is 9.78 Å². The summed E-state index contributed by atoms with van der Waals surface area (Å²) in [4.78, 5) is 30.4. The standard InChI is InChI=1S/C17H20N4O2S/c1-12-7-4-5-8-13(12)24-10-6-9-21-16(22)14-15(18-11-19(14)2)20(3)17(21)23/h4-5,7-8,11H,6,9-10H2,1-3H3. The molecule has 3 aromatic rings. The SMILES string of the molecule is Cc1ccccc1SCCCn1c(=O)c2c(ncn2C)n(C)c1=O. The van der Waals surface area contributed by atoms with Gasteiger partial charge in [0.05, 0.1) is 6.33 Å². The fourth-order valence-electron chi connectivity index (χ4n) is 2.72. The van der Waals surface area contributed by atoms with Gasteiger partial charge in [-0.05, 0) is 30.7 Å². The van der Waals surface area contributed by atoms with Crippen molar-refractivity contribution in [3.05, 3.63) is 57.0 Å². The maximum atomic E-state index is 12.6. The number of hydrogen-bond donors (Lipinski definition) is 0. The van der Waals surface area contributed by atoms with Crippen LogP contribution >= 0.6 is 11.8 Å². The lowest BCUT2D eigenvalue weighted by atomic mass is 10.2. The normalized spacial score (nSPS) is 11.3. The number of rotatable bonds is 5. The summed E-state index contributed by atoms with van der Waals surface area (Å²) in [5.41, 5.74) is 1.55. The molecule has 126 valence electrons. The summed E-state index contributed by atoms with van der Waals surface area (Å²) >= 11 is 1.75. The van der Waals surface area contributed by atoms with Crippen LogP contribution in [0.2, 0.25) is 0 Å². The van der Waals surface area contributed by atoms with Crippen LogP contribution in [-0.2, 0) is 20.6 Å². The van der Waals surface area contributed by atoms with Crippen LogP contribution in [-0.4, -0.2) is 24.4 Å². The van der Waals surface area contributed by atoms with Gasteiger partial charge in [-0.3, -0.25) is 13.9 Å². The molecule has 0 aliphatic carbocycles. The first-order valence-corrected chi connectivity index (χ1v) is 8.78. The molecule has 0 spiro atoms. The molecule has 7 heteroatoms. The maximum absolute atomic E-state index is 12.6. The zero-order valence-electron chi connectivity index (χ0n) is 14.0. The molecule has 0 fully saturated rings. The van der Waals surface area contributed by atoms with E-state index < -0.39 is 0 Å². The van der Waals surface area contributed by atoms with E-state index in [-0.39, 0.29) is 11.2 Å². The molecule has 3 rings (SSSR count). The molecule has 0 amide bonds. The molecular formula is C17H20N4O2S. The smallest absolute Gasteiger partial charge is 0.328 e. The van der Waals surface area contributed by atoms with Gasteiger partial charge in [0, 0.05) is 25.5 Å². The zero-order valence-corrected chi connectivity index (χ0v) is 14.8. The molecule has 0 aliphatic heterocycles. The van der Waals surface area contributed by atoms with Gasteiger partial charge >= 0.3 is 5.69 Å². The molecule has 0 saturated heterocycles. The van der Waals surface area contributed by atoms with Gasteiger partial charge < -0.3 is 4.57 Å². The van der Waals surface area contributed by atoms with E-state index in [1.54, 1.807) is 36.8 Å². The highest BCUT2D eigenvalue weighted by Crippen LogP contribution is 2.22. The van der Waals surface area contributed by atoms with Gasteiger partial charge in [0.25, 0.3) is 5.56 Å². The number of hydrogen-bond acceptors (Lipinski definition) is 4. The van der Waals surface area contributed by atoms with Crippen molar-refractivity contribution in [3.8, 4) is 0 Å². The van der Waals surface area contributed by atoms with E-state index in [1.807, 2.05) is 12.1 Å².